The Morgan fingerprint density at radius 1 is 1.36 bits per heavy atom. The molecule has 22 heavy (non-hydrogen) atoms. The Morgan fingerprint density at radius 3 is 2.91 bits per heavy atom. The van der Waals surface area contributed by atoms with Crippen molar-refractivity contribution >= 4 is 16.5 Å². The Kier molecular flexibility index (Phi) is 4.79. The van der Waals surface area contributed by atoms with Crippen molar-refractivity contribution in [2.24, 2.45) is 5.92 Å². The number of rotatable bonds is 5. The van der Waals surface area contributed by atoms with Gasteiger partial charge in [-0.3, -0.25) is 9.36 Å². The molecular weight excluding hydrogens is 302 g/mol. The fraction of sp³-hybridized carbons (Fsp3) is 0.571. The number of hydrogen-bond acceptors (Lipinski definition) is 7. The molecule has 0 amide bonds. The van der Waals surface area contributed by atoms with E-state index in [9.17, 15) is 4.79 Å². The third-order valence-corrected chi connectivity index (χ3v) is 4.81. The molecule has 8 heteroatoms. The van der Waals surface area contributed by atoms with E-state index in [1.807, 2.05) is 0 Å². The summed E-state index contributed by atoms with van der Waals surface area (Å²) in [6.45, 7) is 3.15. The van der Waals surface area contributed by atoms with Gasteiger partial charge in [-0.2, -0.15) is 0 Å². The topological polar surface area (TPSA) is 73.1 Å². The quantitative estimate of drug-likeness (QED) is 0.823. The molecule has 1 saturated heterocycles. The Hall–Kier alpha value is -1.80. The molecule has 0 atom stereocenters. The van der Waals surface area contributed by atoms with Gasteiger partial charge in [0.2, 0.25) is 5.13 Å². The monoisotopic (exact) mass is 321 g/mol. The van der Waals surface area contributed by atoms with E-state index in [1.165, 1.54) is 12.3 Å². The van der Waals surface area contributed by atoms with Crippen LogP contribution in [0.15, 0.2) is 23.4 Å². The Balaban J connectivity index is 1.56. The van der Waals surface area contributed by atoms with E-state index < -0.39 is 0 Å². The van der Waals surface area contributed by atoms with E-state index in [-0.39, 0.29) is 5.56 Å². The molecule has 3 heterocycles. The van der Waals surface area contributed by atoms with Crippen LogP contribution in [-0.4, -0.2) is 39.9 Å². The van der Waals surface area contributed by atoms with Gasteiger partial charge in [-0.25, -0.2) is 4.98 Å². The number of hydrogen-bond donors (Lipinski definition) is 0. The van der Waals surface area contributed by atoms with E-state index in [1.54, 1.807) is 29.3 Å². The molecule has 0 saturated carbocycles. The molecule has 0 radical (unpaired) electrons. The van der Waals surface area contributed by atoms with E-state index in [0.717, 1.165) is 42.6 Å². The first-order valence-corrected chi connectivity index (χ1v) is 8.14. The second-order valence-electron chi connectivity index (χ2n) is 5.41. The van der Waals surface area contributed by atoms with Crippen molar-refractivity contribution in [3.63, 3.8) is 0 Å². The van der Waals surface area contributed by atoms with Crippen LogP contribution in [0.3, 0.4) is 0 Å². The van der Waals surface area contributed by atoms with Gasteiger partial charge in [-0.05, 0) is 18.8 Å². The number of aromatic nitrogens is 4. The number of anilines is 1. The van der Waals surface area contributed by atoms with Crippen LogP contribution < -0.4 is 10.5 Å². The van der Waals surface area contributed by atoms with Gasteiger partial charge in [-0.1, -0.05) is 11.3 Å². The van der Waals surface area contributed by atoms with E-state index in [2.05, 4.69) is 20.1 Å². The third kappa shape index (κ3) is 3.50. The predicted molar refractivity (Wildman–Crippen MR) is 84.1 cm³/mol. The van der Waals surface area contributed by atoms with Gasteiger partial charge in [0.05, 0.1) is 6.33 Å². The molecule has 7 nitrogen and oxygen atoms in total. The molecule has 1 aliphatic rings. The Bertz CT molecular complexity index is 663. The molecule has 0 aliphatic carbocycles. The molecule has 2 aromatic heterocycles. The SMILES string of the molecule is COCc1nnc(N2CCC(Cn3cnccc3=O)CC2)s1. The van der Waals surface area contributed by atoms with Gasteiger partial charge in [0, 0.05) is 39.0 Å². The standard InChI is InChI=1S/C14H19N5O2S/c1-21-9-12-16-17-14(22-12)18-6-3-11(4-7-18)8-19-10-15-5-2-13(19)20/h2,5,10-11H,3-4,6-9H2,1H3. The predicted octanol–water partition coefficient (Wildman–Crippen LogP) is 1.16. The van der Waals surface area contributed by atoms with Crippen molar-refractivity contribution in [1.29, 1.82) is 0 Å². The molecule has 0 aromatic carbocycles. The molecule has 0 bridgehead atoms. The van der Waals surface area contributed by atoms with Crippen molar-refractivity contribution in [1.82, 2.24) is 19.7 Å². The van der Waals surface area contributed by atoms with Crippen LogP contribution in [0, 0.1) is 5.92 Å². The van der Waals surface area contributed by atoms with Gasteiger partial charge in [-0.15, -0.1) is 10.2 Å². The lowest BCUT2D eigenvalue weighted by molar-refractivity contribution is 0.184. The van der Waals surface area contributed by atoms with Crippen LogP contribution in [0.4, 0.5) is 5.13 Å². The molecule has 1 fully saturated rings. The van der Waals surface area contributed by atoms with Gasteiger partial charge in [0.25, 0.3) is 5.56 Å². The van der Waals surface area contributed by atoms with Crippen molar-refractivity contribution in [2.45, 2.75) is 26.0 Å². The first-order chi connectivity index (χ1) is 10.8. The number of nitrogens with zero attached hydrogens (tertiary/aromatic N) is 5. The highest BCUT2D eigenvalue weighted by molar-refractivity contribution is 7.15. The minimum atomic E-state index is 0.0192. The molecule has 1 aliphatic heterocycles. The molecular formula is C14H19N5O2S. The van der Waals surface area contributed by atoms with Gasteiger partial charge in [0.15, 0.2) is 0 Å². The minimum absolute atomic E-state index is 0.0192. The summed E-state index contributed by atoms with van der Waals surface area (Å²) in [5.74, 6) is 0.504. The van der Waals surface area contributed by atoms with Crippen LogP contribution >= 0.6 is 11.3 Å². The van der Waals surface area contributed by atoms with Crippen molar-refractivity contribution in [3.05, 3.63) is 34.0 Å². The normalized spacial score (nSPS) is 16.1. The second kappa shape index (κ2) is 6.97. The van der Waals surface area contributed by atoms with Crippen LogP contribution in [-0.2, 0) is 17.9 Å². The highest BCUT2D eigenvalue weighted by Crippen LogP contribution is 2.26. The molecule has 3 rings (SSSR count). The van der Waals surface area contributed by atoms with Crippen molar-refractivity contribution in [2.75, 3.05) is 25.1 Å². The number of methoxy groups -OCH3 is 1. The highest BCUT2D eigenvalue weighted by atomic mass is 32.1. The summed E-state index contributed by atoms with van der Waals surface area (Å²) in [6, 6.07) is 1.51. The van der Waals surface area contributed by atoms with E-state index in [4.69, 9.17) is 4.74 Å². The largest absolute Gasteiger partial charge is 0.377 e. The van der Waals surface area contributed by atoms with Gasteiger partial charge in [0.1, 0.15) is 11.6 Å². The molecule has 0 unspecified atom stereocenters. The summed E-state index contributed by atoms with van der Waals surface area (Å²) in [6.07, 6.45) is 5.24. The number of piperidine rings is 1. The third-order valence-electron chi connectivity index (χ3n) is 3.86. The summed E-state index contributed by atoms with van der Waals surface area (Å²) in [5.41, 5.74) is 0.0192. The molecule has 0 N–H and O–H groups in total. The zero-order valence-electron chi connectivity index (χ0n) is 12.5. The summed E-state index contributed by atoms with van der Waals surface area (Å²) >= 11 is 1.59. The maximum absolute atomic E-state index is 11.7. The number of ether oxygens (including phenoxy) is 1. The molecule has 118 valence electrons. The summed E-state index contributed by atoms with van der Waals surface area (Å²) in [7, 11) is 1.66. The first kappa shape index (κ1) is 15.1. The first-order valence-electron chi connectivity index (χ1n) is 7.33. The Morgan fingerprint density at radius 2 is 2.18 bits per heavy atom. The molecule has 2 aromatic rings. The van der Waals surface area contributed by atoms with Crippen LogP contribution in [0.5, 0.6) is 0 Å². The lowest BCUT2D eigenvalue weighted by atomic mass is 9.97. The van der Waals surface area contributed by atoms with Crippen molar-refractivity contribution in [3.8, 4) is 0 Å². The zero-order valence-corrected chi connectivity index (χ0v) is 13.3. The molecule has 0 spiro atoms. The summed E-state index contributed by atoms with van der Waals surface area (Å²) < 4.78 is 6.77. The lowest BCUT2D eigenvalue weighted by Crippen LogP contribution is -2.36. The van der Waals surface area contributed by atoms with Crippen LogP contribution in [0.2, 0.25) is 0 Å². The average Bonchev–Trinajstić information content (AvgIpc) is 2.99. The maximum atomic E-state index is 11.7. The zero-order chi connectivity index (χ0) is 15.4. The summed E-state index contributed by atoms with van der Waals surface area (Å²) in [5, 5.41) is 10.2. The maximum Gasteiger partial charge on any atom is 0.253 e. The van der Waals surface area contributed by atoms with Gasteiger partial charge >= 0.3 is 0 Å². The average molecular weight is 321 g/mol. The van der Waals surface area contributed by atoms with Crippen LogP contribution in [0.1, 0.15) is 17.8 Å². The van der Waals surface area contributed by atoms with E-state index >= 15 is 0 Å². The fourth-order valence-corrected chi connectivity index (χ4v) is 3.52. The van der Waals surface area contributed by atoms with E-state index in [0.29, 0.717) is 12.5 Å². The fourth-order valence-electron chi connectivity index (χ4n) is 2.65. The Labute approximate surface area is 132 Å². The van der Waals surface area contributed by atoms with Crippen molar-refractivity contribution < 1.29 is 4.74 Å². The second-order valence-corrected chi connectivity index (χ2v) is 6.45. The van der Waals surface area contributed by atoms with Gasteiger partial charge < -0.3 is 9.64 Å². The smallest absolute Gasteiger partial charge is 0.253 e. The lowest BCUT2D eigenvalue weighted by Gasteiger charge is -2.31. The minimum Gasteiger partial charge on any atom is -0.377 e. The highest BCUT2D eigenvalue weighted by Gasteiger charge is 2.22. The summed E-state index contributed by atoms with van der Waals surface area (Å²) in [4.78, 5) is 18.0. The van der Waals surface area contributed by atoms with Crippen LogP contribution in [0.25, 0.3) is 0 Å².